The molecule has 3 atom stereocenters. The summed E-state index contributed by atoms with van der Waals surface area (Å²) in [5, 5.41) is 12.0. The quantitative estimate of drug-likeness (QED) is 0.391. The summed E-state index contributed by atoms with van der Waals surface area (Å²) in [6.45, 7) is 0.698. The molecule has 2 N–H and O–H groups in total. The van der Waals surface area contributed by atoms with Gasteiger partial charge in [0.15, 0.2) is 5.96 Å². The van der Waals surface area contributed by atoms with Gasteiger partial charge in [-0.3, -0.25) is 4.99 Å². The van der Waals surface area contributed by atoms with Crippen LogP contribution in [0.25, 0.3) is 5.69 Å². The van der Waals surface area contributed by atoms with Crippen LogP contribution < -0.4 is 10.6 Å². The zero-order valence-corrected chi connectivity index (χ0v) is 18.6. The predicted octanol–water partition coefficient (Wildman–Crippen LogP) is 2.96. The summed E-state index contributed by atoms with van der Waals surface area (Å²) >= 11 is 0. The molecule has 5 rings (SSSR count). The highest BCUT2D eigenvalue weighted by atomic mass is 127. The second kappa shape index (κ2) is 8.41. The van der Waals surface area contributed by atoms with Crippen molar-refractivity contribution in [2.24, 2.45) is 4.99 Å². The number of hydrogen-bond donors (Lipinski definition) is 2. The van der Waals surface area contributed by atoms with Crippen LogP contribution in [0.1, 0.15) is 42.6 Å². The van der Waals surface area contributed by atoms with Gasteiger partial charge in [0.25, 0.3) is 0 Å². The molecule has 28 heavy (non-hydrogen) atoms. The van der Waals surface area contributed by atoms with Gasteiger partial charge in [-0.15, -0.1) is 24.0 Å². The van der Waals surface area contributed by atoms with Crippen LogP contribution >= 0.6 is 24.0 Å². The molecule has 0 amide bonds. The van der Waals surface area contributed by atoms with Crippen LogP contribution in [0.2, 0.25) is 0 Å². The Hall–Kier alpha value is -1.61. The molecule has 2 saturated heterocycles. The lowest BCUT2D eigenvalue weighted by atomic mass is 9.96. The Kier molecular flexibility index (Phi) is 5.91. The lowest BCUT2D eigenvalue weighted by molar-refractivity contribution is 0.0992. The van der Waals surface area contributed by atoms with E-state index in [0.29, 0.717) is 24.8 Å². The molecule has 1 aromatic carbocycles. The molecule has 1 aromatic heterocycles. The molecule has 2 bridgehead atoms. The average Bonchev–Trinajstić information content (AvgIpc) is 3.47. The molecule has 7 heteroatoms. The molecule has 3 heterocycles. The summed E-state index contributed by atoms with van der Waals surface area (Å²) in [5.74, 6) is 0.845. The maximum absolute atomic E-state index is 5.94. The third-order valence-electron chi connectivity index (χ3n) is 6.09. The monoisotopic (exact) mass is 493 g/mol. The molecule has 1 aliphatic carbocycles. The molecule has 2 aromatic rings. The normalized spacial score (nSPS) is 25.5. The van der Waals surface area contributed by atoms with E-state index in [4.69, 9.17) is 9.84 Å². The van der Waals surface area contributed by atoms with Crippen molar-refractivity contribution in [2.75, 3.05) is 7.05 Å². The van der Waals surface area contributed by atoms with E-state index in [0.717, 1.165) is 43.0 Å². The van der Waals surface area contributed by atoms with E-state index >= 15 is 0 Å². The van der Waals surface area contributed by atoms with Gasteiger partial charge < -0.3 is 15.4 Å². The van der Waals surface area contributed by atoms with Crippen molar-refractivity contribution < 1.29 is 4.74 Å². The minimum absolute atomic E-state index is 0. The van der Waals surface area contributed by atoms with Crippen LogP contribution in [0.3, 0.4) is 0 Å². The number of fused-ring (bicyclic) bond motifs is 3. The van der Waals surface area contributed by atoms with E-state index in [1.807, 2.05) is 13.1 Å². The van der Waals surface area contributed by atoms with E-state index in [1.165, 1.54) is 24.1 Å². The topological polar surface area (TPSA) is 63.5 Å². The maximum Gasteiger partial charge on any atom is 0.191 e. The highest BCUT2D eigenvalue weighted by Crippen LogP contribution is 2.34. The van der Waals surface area contributed by atoms with Crippen LogP contribution in [0.15, 0.2) is 35.3 Å². The van der Waals surface area contributed by atoms with E-state index in [2.05, 4.69) is 44.6 Å². The van der Waals surface area contributed by atoms with Crippen molar-refractivity contribution in [1.82, 2.24) is 20.4 Å². The number of ether oxygens (including phenoxy) is 1. The second-order valence-electron chi connectivity index (χ2n) is 7.76. The molecule has 6 nitrogen and oxygen atoms in total. The van der Waals surface area contributed by atoms with Crippen LogP contribution in [0.4, 0.5) is 0 Å². The molecular formula is C21H28IN5O. The van der Waals surface area contributed by atoms with Gasteiger partial charge in [-0.05, 0) is 56.2 Å². The number of para-hydroxylation sites is 1. The fraction of sp³-hybridized carbons (Fsp3) is 0.524. The summed E-state index contributed by atoms with van der Waals surface area (Å²) in [5.41, 5.74) is 5.05. The van der Waals surface area contributed by atoms with Gasteiger partial charge in [0.05, 0.1) is 36.2 Å². The molecule has 2 aliphatic heterocycles. The number of rotatable bonds is 4. The Morgan fingerprint density at radius 2 is 2.11 bits per heavy atom. The van der Waals surface area contributed by atoms with Gasteiger partial charge in [-0.25, -0.2) is 4.68 Å². The molecule has 150 valence electrons. The average molecular weight is 493 g/mol. The number of nitrogens with zero attached hydrogens (tertiary/aromatic N) is 3. The molecule has 0 radical (unpaired) electrons. The molecule has 0 spiro atoms. The van der Waals surface area contributed by atoms with E-state index < -0.39 is 0 Å². The zero-order valence-electron chi connectivity index (χ0n) is 16.2. The first-order valence-electron chi connectivity index (χ1n) is 10.1. The largest absolute Gasteiger partial charge is 0.373 e. The minimum Gasteiger partial charge on any atom is -0.373 e. The van der Waals surface area contributed by atoms with Crippen molar-refractivity contribution in [2.45, 2.75) is 63.3 Å². The molecule has 2 fully saturated rings. The SMILES string of the molecule is CN=C(NCc1nn(-c2ccccc2)c2c1CCC2)NC1CC2CCC1O2.I. The first kappa shape index (κ1) is 19.7. The summed E-state index contributed by atoms with van der Waals surface area (Å²) < 4.78 is 8.07. The third-order valence-corrected chi connectivity index (χ3v) is 6.09. The highest BCUT2D eigenvalue weighted by Gasteiger charge is 2.41. The first-order valence-corrected chi connectivity index (χ1v) is 10.1. The standard InChI is InChI=1S/C21H27N5O.HI/c1-22-21(24-17-12-15-10-11-20(17)27-15)23-13-18-16-8-5-9-19(16)26(25-18)14-6-3-2-4-7-14;/h2-4,6-7,15,17,20H,5,8-13H2,1H3,(H2,22,23,24);1H. The van der Waals surface area contributed by atoms with Gasteiger partial charge in [0, 0.05) is 12.7 Å². The Labute approximate surface area is 183 Å². The van der Waals surface area contributed by atoms with E-state index in [9.17, 15) is 0 Å². The van der Waals surface area contributed by atoms with Crippen LogP contribution in [-0.4, -0.2) is 41.0 Å². The molecular weight excluding hydrogens is 465 g/mol. The third kappa shape index (κ3) is 3.66. The van der Waals surface area contributed by atoms with Crippen molar-refractivity contribution in [3.8, 4) is 5.69 Å². The number of hydrogen-bond acceptors (Lipinski definition) is 3. The van der Waals surface area contributed by atoms with Gasteiger partial charge >= 0.3 is 0 Å². The summed E-state index contributed by atoms with van der Waals surface area (Å²) in [4.78, 5) is 4.41. The van der Waals surface area contributed by atoms with Crippen molar-refractivity contribution in [3.63, 3.8) is 0 Å². The highest BCUT2D eigenvalue weighted by molar-refractivity contribution is 14.0. The molecule has 0 saturated carbocycles. The zero-order chi connectivity index (χ0) is 18.2. The number of benzene rings is 1. The summed E-state index contributed by atoms with van der Waals surface area (Å²) in [6.07, 6.45) is 7.67. The lowest BCUT2D eigenvalue weighted by Crippen LogP contribution is -2.47. The minimum atomic E-state index is 0. The second-order valence-corrected chi connectivity index (χ2v) is 7.76. The Balaban J connectivity index is 0.00000192. The Bertz CT molecular complexity index is 850. The number of halogens is 1. The lowest BCUT2D eigenvalue weighted by Gasteiger charge is -2.22. The van der Waals surface area contributed by atoms with Crippen molar-refractivity contribution >= 4 is 29.9 Å². The fourth-order valence-corrected chi connectivity index (χ4v) is 4.77. The van der Waals surface area contributed by atoms with Crippen LogP contribution in [0.5, 0.6) is 0 Å². The molecule has 3 unspecified atom stereocenters. The van der Waals surface area contributed by atoms with Crippen LogP contribution in [0, 0.1) is 0 Å². The Morgan fingerprint density at radius 1 is 1.25 bits per heavy atom. The number of guanidine groups is 1. The summed E-state index contributed by atoms with van der Waals surface area (Å²) in [6, 6.07) is 10.8. The van der Waals surface area contributed by atoms with Crippen molar-refractivity contribution in [1.29, 1.82) is 0 Å². The summed E-state index contributed by atoms with van der Waals surface area (Å²) in [7, 11) is 1.83. The van der Waals surface area contributed by atoms with Gasteiger partial charge in [0.2, 0.25) is 0 Å². The van der Waals surface area contributed by atoms with Gasteiger partial charge in [-0.1, -0.05) is 18.2 Å². The van der Waals surface area contributed by atoms with Crippen LogP contribution in [-0.2, 0) is 24.1 Å². The van der Waals surface area contributed by atoms with E-state index in [-0.39, 0.29) is 24.0 Å². The molecule has 3 aliphatic rings. The first-order chi connectivity index (χ1) is 13.3. The maximum atomic E-state index is 5.94. The fourth-order valence-electron chi connectivity index (χ4n) is 4.77. The Morgan fingerprint density at radius 3 is 2.82 bits per heavy atom. The smallest absolute Gasteiger partial charge is 0.191 e. The number of aliphatic imine (C=N–C) groups is 1. The van der Waals surface area contributed by atoms with Gasteiger partial charge in [0.1, 0.15) is 0 Å². The predicted molar refractivity (Wildman–Crippen MR) is 121 cm³/mol. The van der Waals surface area contributed by atoms with E-state index in [1.54, 1.807) is 0 Å². The number of nitrogens with one attached hydrogen (secondary N) is 2. The van der Waals surface area contributed by atoms with Crippen molar-refractivity contribution in [3.05, 3.63) is 47.3 Å². The number of aromatic nitrogens is 2. The van der Waals surface area contributed by atoms with Gasteiger partial charge in [-0.2, -0.15) is 5.10 Å².